The topological polar surface area (TPSA) is 17.0 Å². The number of aromatic nitrogens is 1. The van der Waals surface area contributed by atoms with E-state index >= 15 is 0 Å². The summed E-state index contributed by atoms with van der Waals surface area (Å²) in [5.41, 5.74) is 4.09. The zero-order valence-electron chi connectivity index (χ0n) is 9.41. The van der Waals surface area contributed by atoms with Gasteiger partial charge in [-0.2, -0.15) is 0 Å². The van der Waals surface area contributed by atoms with Gasteiger partial charge in [0, 0.05) is 23.7 Å². The molecule has 1 unspecified atom stereocenters. The van der Waals surface area contributed by atoms with Crippen LogP contribution in [0.3, 0.4) is 0 Å². The predicted octanol–water partition coefficient (Wildman–Crippen LogP) is 3.05. The molecule has 2 nitrogen and oxygen atoms in total. The first kappa shape index (κ1) is 9.75. The molecule has 2 aromatic rings. The number of nitrogens with zero attached hydrogens (tertiary/aromatic N) is 1. The molecule has 0 fully saturated rings. The molecule has 0 amide bonds. The molecule has 1 aromatic heterocycles. The lowest BCUT2D eigenvalue weighted by molar-refractivity contribution is 0.516. The minimum Gasteiger partial charge on any atom is -0.344 e. The SMILES string of the molecule is Clc1cn2c3c(cccc13)C1=CCCNC1C2. The highest BCUT2D eigenvalue weighted by Crippen LogP contribution is 2.37. The van der Waals surface area contributed by atoms with E-state index in [1.165, 1.54) is 22.0 Å². The van der Waals surface area contributed by atoms with Crippen LogP contribution in [-0.4, -0.2) is 17.2 Å². The highest BCUT2D eigenvalue weighted by atomic mass is 35.5. The van der Waals surface area contributed by atoms with Gasteiger partial charge in [0.1, 0.15) is 0 Å². The molecule has 2 aliphatic rings. The summed E-state index contributed by atoms with van der Waals surface area (Å²) in [7, 11) is 0. The molecule has 3 heteroatoms. The van der Waals surface area contributed by atoms with Crippen molar-refractivity contribution in [1.29, 1.82) is 0 Å². The number of benzene rings is 1. The normalized spacial score (nSPS) is 22.4. The summed E-state index contributed by atoms with van der Waals surface area (Å²) in [6, 6.07) is 6.87. The van der Waals surface area contributed by atoms with Gasteiger partial charge in [0.05, 0.1) is 16.6 Å². The Balaban J connectivity index is 2.09. The second-order valence-corrected chi connectivity index (χ2v) is 5.19. The molecule has 1 aromatic carbocycles. The largest absolute Gasteiger partial charge is 0.344 e. The van der Waals surface area contributed by atoms with Crippen LogP contribution in [0, 0.1) is 0 Å². The summed E-state index contributed by atoms with van der Waals surface area (Å²) in [5.74, 6) is 0. The molecule has 2 aliphatic heterocycles. The molecule has 0 bridgehead atoms. The van der Waals surface area contributed by atoms with E-state index in [9.17, 15) is 0 Å². The van der Waals surface area contributed by atoms with Crippen molar-refractivity contribution in [3.8, 4) is 0 Å². The van der Waals surface area contributed by atoms with Crippen molar-refractivity contribution in [1.82, 2.24) is 9.88 Å². The molecule has 0 saturated heterocycles. The molecule has 4 rings (SSSR count). The average molecular weight is 245 g/mol. The molecule has 1 N–H and O–H groups in total. The van der Waals surface area contributed by atoms with E-state index in [-0.39, 0.29) is 0 Å². The molecule has 0 radical (unpaired) electrons. The van der Waals surface area contributed by atoms with Gasteiger partial charge in [0.2, 0.25) is 0 Å². The lowest BCUT2D eigenvalue weighted by atomic mass is 9.90. The van der Waals surface area contributed by atoms with Crippen molar-refractivity contribution >= 4 is 28.1 Å². The van der Waals surface area contributed by atoms with Crippen LogP contribution in [0.4, 0.5) is 0 Å². The van der Waals surface area contributed by atoms with E-state index in [2.05, 4.69) is 40.4 Å². The fraction of sp³-hybridized carbons (Fsp3) is 0.286. The minimum absolute atomic E-state index is 0.449. The first-order valence-corrected chi connectivity index (χ1v) is 6.43. The molecule has 1 atom stereocenters. The number of nitrogens with one attached hydrogen (secondary N) is 1. The average Bonchev–Trinajstić information content (AvgIpc) is 2.68. The molecular weight excluding hydrogens is 232 g/mol. The van der Waals surface area contributed by atoms with E-state index < -0.39 is 0 Å². The van der Waals surface area contributed by atoms with Crippen molar-refractivity contribution in [2.24, 2.45) is 0 Å². The van der Waals surface area contributed by atoms with Crippen LogP contribution in [0.1, 0.15) is 12.0 Å². The maximum absolute atomic E-state index is 6.29. The molecule has 3 heterocycles. The Morgan fingerprint density at radius 3 is 3.24 bits per heavy atom. The number of fused-ring (bicyclic) bond motifs is 2. The van der Waals surface area contributed by atoms with E-state index in [0.717, 1.165) is 24.5 Å². The summed E-state index contributed by atoms with van der Waals surface area (Å²) >= 11 is 6.29. The summed E-state index contributed by atoms with van der Waals surface area (Å²) in [5, 5.41) is 5.62. The van der Waals surface area contributed by atoms with Gasteiger partial charge in [-0.25, -0.2) is 0 Å². The predicted molar refractivity (Wildman–Crippen MR) is 71.3 cm³/mol. The first-order valence-electron chi connectivity index (χ1n) is 6.06. The lowest BCUT2D eigenvalue weighted by Crippen LogP contribution is -2.39. The van der Waals surface area contributed by atoms with E-state index in [0.29, 0.717) is 6.04 Å². The Kier molecular flexibility index (Phi) is 1.93. The number of hydrogen-bond donors (Lipinski definition) is 1. The van der Waals surface area contributed by atoms with E-state index in [4.69, 9.17) is 11.6 Å². The van der Waals surface area contributed by atoms with Gasteiger partial charge in [0.25, 0.3) is 0 Å². The molecule has 0 saturated carbocycles. The molecular formula is C14H13ClN2. The van der Waals surface area contributed by atoms with Crippen LogP contribution >= 0.6 is 11.6 Å². The van der Waals surface area contributed by atoms with Crippen molar-refractivity contribution in [3.05, 3.63) is 41.1 Å². The Hall–Kier alpha value is -1.25. The highest BCUT2D eigenvalue weighted by Gasteiger charge is 2.27. The number of hydrogen-bond acceptors (Lipinski definition) is 1. The first-order chi connectivity index (χ1) is 8.34. The van der Waals surface area contributed by atoms with Gasteiger partial charge in [-0.15, -0.1) is 0 Å². The van der Waals surface area contributed by atoms with Crippen LogP contribution in [0.2, 0.25) is 5.02 Å². The molecule has 86 valence electrons. The maximum Gasteiger partial charge on any atom is 0.0661 e. The van der Waals surface area contributed by atoms with Crippen molar-refractivity contribution in [2.45, 2.75) is 19.0 Å². The van der Waals surface area contributed by atoms with Crippen molar-refractivity contribution in [3.63, 3.8) is 0 Å². The summed E-state index contributed by atoms with van der Waals surface area (Å²) in [4.78, 5) is 0. The minimum atomic E-state index is 0.449. The fourth-order valence-electron chi connectivity index (χ4n) is 3.09. The summed E-state index contributed by atoms with van der Waals surface area (Å²) in [6.07, 6.45) is 5.56. The second kappa shape index (κ2) is 3.37. The molecule has 17 heavy (non-hydrogen) atoms. The number of rotatable bonds is 0. The van der Waals surface area contributed by atoms with Gasteiger partial charge in [0.15, 0.2) is 0 Å². The smallest absolute Gasteiger partial charge is 0.0661 e. The third-order valence-electron chi connectivity index (χ3n) is 3.81. The van der Waals surface area contributed by atoms with Crippen LogP contribution < -0.4 is 5.32 Å². The number of para-hydroxylation sites is 1. The van der Waals surface area contributed by atoms with E-state index in [1.54, 1.807) is 0 Å². The Morgan fingerprint density at radius 2 is 2.29 bits per heavy atom. The van der Waals surface area contributed by atoms with Crippen molar-refractivity contribution in [2.75, 3.05) is 6.54 Å². The Labute approximate surface area is 105 Å². The third kappa shape index (κ3) is 1.25. The molecule has 0 aliphatic carbocycles. The van der Waals surface area contributed by atoms with Gasteiger partial charge < -0.3 is 9.88 Å². The zero-order chi connectivity index (χ0) is 11.4. The lowest BCUT2D eigenvalue weighted by Gasteiger charge is -2.31. The van der Waals surface area contributed by atoms with Crippen LogP contribution in [-0.2, 0) is 6.54 Å². The van der Waals surface area contributed by atoms with Crippen LogP contribution in [0.25, 0.3) is 16.5 Å². The maximum atomic E-state index is 6.29. The van der Waals surface area contributed by atoms with Gasteiger partial charge in [-0.1, -0.05) is 35.9 Å². The van der Waals surface area contributed by atoms with Crippen molar-refractivity contribution < 1.29 is 0 Å². The van der Waals surface area contributed by atoms with Crippen LogP contribution in [0.5, 0.6) is 0 Å². The highest BCUT2D eigenvalue weighted by molar-refractivity contribution is 6.36. The van der Waals surface area contributed by atoms with E-state index in [1.807, 2.05) is 0 Å². The van der Waals surface area contributed by atoms with Crippen LogP contribution in [0.15, 0.2) is 30.5 Å². The Bertz CT molecular complexity index is 639. The van der Waals surface area contributed by atoms with Gasteiger partial charge >= 0.3 is 0 Å². The second-order valence-electron chi connectivity index (χ2n) is 4.79. The van der Waals surface area contributed by atoms with Gasteiger partial charge in [-0.3, -0.25) is 0 Å². The summed E-state index contributed by atoms with van der Waals surface area (Å²) < 4.78 is 2.29. The Morgan fingerprint density at radius 1 is 1.35 bits per heavy atom. The zero-order valence-corrected chi connectivity index (χ0v) is 10.2. The third-order valence-corrected chi connectivity index (χ3v) is 4.12. The standard InChI is InChI=1S/C14H13ClN2/c15-12-7-17-8-13-9(5-2-6-16-13)10-3-1-4-11(12)14(10)17/h1,3-5,7,13,16H,2,6,8H2. The van der Waals surface area contributed by atoms with Gasteiger partial charge in [-0.05, 0) is 18.5 Å². The monoisotopic (exact) mass is 244 g/mol. The fourth-order valence-corrected chi connectivity index (χ4v) is 3.36. The molecule has 0 spiro atoms. The number of halogens is 1. The summed E-state index contributed by atoms with van der Waals surface area (Å²) in [6.45, 7) is 2.07. The quantitative estimate of drug-likeness (QED) is 0.754.